The van der Waals surface area contributed by atoms with Crippen molar-refractivity contribution < 1.29 is 4.79 Å². The lowest BCUT2D eigenvalue weighted by Crippen LogP contribution is -2.25. The van der Waals surface area contributed by atoms with Gasteiger partial charge in [0.2, 0.25) is 0 Å². The SMILES string of the molecule is CC(C)/C(=N\NC(=O)Cn1cnc2ccccc21)c1ccccc1. The summed E-state index contributed by atoms with van der Waals surface area (Å²) in [5.41, 5.74) is 6.35. The van der Waals surface area contributed by atoms with Crippen LogP contribution < -0.4 is 5.43 Å². The number of rotatable bonds is 5. The number of carbonyl (C=O) groups excluding carboxylic acids is 1. The number of carbonyl (C=O) groups is 1. The van der Waals surface area contributed by atoms with Crippen molar-refractivity contribution in [1.29, 1.82) is 0 Å². The average molecular weight is 320 g/mol. The van der Waals surface area contributed by atoms with Gasteiger partial charge in [0.05, 0.1) is 23.1 Å². The van der Waals surface area contributed by atoms with Gasteiger partial charge in [0, 0.05) is 0 Å². The minimum Gasteiger partial charge on any atom is -0.321 e. The standard InChI is InChI=1S/C19H20N4O/c1-14(2)19(15-8-4-3-5-9-15)22-21-18(24)12-23-13-20-16-10-6-7-11-17(16)23/h3-11,13-14H,12H2,1-2H3,(H,21,24)/b22-19+. The van der Waals surface area contributed by atoms with Crippen LogP contribution in [-0.4, -0.2) is 21.2 Å². The van der Waals surface area contributed by atoms with Crippen LogP contribution in [0.25, 0.3) is 11.0 Å². The maximum absolute atomic E-state index is 12.2. The molecule has 0 aliphatic carbocycles. The highest BCUT2D eigenvalue weighted by atomic mass is 16.2. The summed E-state index contributed by atoms with van der Waals surface area (Å²) < 4.78 is 1.82. The molecule has 2 aromatic carbocycles. The van der Waals surface area contributed by atoms with E-state index in [4.69, 9.17) is 0 Å². The second kappa shape index (κ2) is 7.08. The van der Waals surface area contributed by atoms with Gasteiger partial charge in [0.15, 0.2) is 0 Å². The first kappa shape index (κ1) is 15.9. The van der Waals surface area contributed by atoms with Gasteiger partial charge in [-0.15, -0.1) is 0 Å². The molecule has 3 aromatic rings. The molecule has 5 heteroatoms. The van der Waals surface area contributed by atoms with E-state index in [0.29, 0.717) is 0 Å². The van der Waals surface area contributed by atoms with Crippen LogP contribution in [0, 0.1) is 5.92 Å². The van der Waals surface area contributed by atoms with Crippen LogP contribution in [0.3, 0.4) is 0 Å². The highest BCUT2D eigenvalue weighted by molar-refractivity contribution is 6.02. The first-order chi connectivity index (χ1) is 11.6. The van der Waals surface area contributed by atoms with Gasteiger partial charge in [-0.05, 0) is 23.6 Å². The van der Waals surface area contributed by atoms with Gasteiger partial charge in [0.1, 0.15) is 6.54 Å². The van der Waals surface area contributed by atoms with Gasteiger partial charge in [-0.3, -0.25) is 4.79 Å². The molecule has 24 heavy (non-hydrogen) atoms. The maximum atomic E-state index is 12.2. The largest absolute Gasteiger partial charge is 0.321 e. The molecule has 1 heterocycles. The van der Waals surface area contributed by atoms with E-state index in [0.717, 1.165) is 22.3 Å². The van der Waals surface area contributed by atoms with Crippen molar-refractivity contribution in [2.45, 2.75) is 20.4 Å². The molecule has 0 aliphatic rings. The molecule has 0 bridgehead atoms. The second-order valence-corrected chi connectivity index (χ2v) is 5.91. The number of hydrogen-bond acceptors (Lipinski definition) is 3. The topological polar surface area (TPSA) is 59.3 Å². The zero-order valence-corrected chi connectivity index (χ0v) is 13.8. The summed E-state index contributed by atoms with van der Waals surface area (Å²) in [5, 5.41) is 4.34. The highest BCUT2D eigenvalue weighted by Gasteiger charge is 2.10. The van der Waals surface area contributed by atoms with Crippen LogP contribution in [0.4, 0.5) is 0 Å². The molecule has 122 valence electrons. The number of nitrogens with one attached hydrogen (secondary N) is 1. The zero-order valence-electron chi connectivity index (χ0n) is 13.8. The Morgan fingerprint density at radius 1 is 1.12 bits per heavy atom. The van der Waals surface area contributed by atoms with Crippen LogP contribution >= 0.6 is 0 Å². The van der Waals surface area contributed by atoms with Crippen molar-refractivity contribution in [3.8, 4) is 0 Å². The summed E-state index contributed by atoms with van der Waals surface area (Å²) in [7, 11) is 0. The van der Waals surface area contributed by atoms with Gasteiger partial charge < -0.3 is 4.57 Å². The fraction of sp³-hybridized carbons (Fsp3) is 0.211. The number of nitrogens with zero attached hydrogens (tertiary/aromatic N) is 3. The molecule has 3 rings (SSSR count). The predicted molar refractivity (Wildman–Crippen MR) is 95.7 cm³/mol. The van der Waals surface area contributed by atoms with Gasteiger partial charge in [-0.2, -0.15) is 5.10 Å². The molecule has 0 unspecified atom stereocenters. The average Bonchev–Trinajstić information content (AvgIpc) is 2.99. The summed E-state index contributed by atoms with van der Waals surface area (Å²) in [5.74, 6) is 0.0361. The summed E-state index contributed by atoms with van der Waals surface area (Å²) >= 11 is 0. The number of para-hydroxylation sites is 2. The van der Waals surface area contributed by atoms with Crippen LogP contribution in [0.15, 0.2) is 66.0 Å². The lowest BCUT2D eigenvalue weighted by atomic mass is 10.0. The molecular formula is C19H20N4O. The molecular weight excluding hydrogens is 300 g/mol. The van der Waals surface area contributed by atoms with Crippen molar-refractivity contribution in [3.05, 3.63) is 66.5 Å². The van der Waals surface area contributed by atoms with Crippen molar-refractivity contribution in [2.24, 2.45) is 11.0 Å². The van der Waals surface area contributed by atoms with Gasteiger partial charge in [0.25, 0.3) is 5.91 Å². The van der Waals surface area contributed by atoms with Crippen molar-refractivity contribution in [3.63, 3.8) is 0 Å². The molecule has 0 spiro atoms. The number of amides is 1. The molecule has 5 nitrogen and oxygen atoms in total. The Labute approximate surface area is 141 Å². The Hall–Kier alpha value is -2.95. The molecule has 1 N–H and O–H groups in total. The molecule has 0 atom stereocenters. The van der Waals surface area contributed by atoms with Crippen molar-refractivity contribution in [1.82, 2.24) is 15.0 Å². The molecule has 0 saturated heterocycles. The summed E-state index contributed by atoms with van der Waals surface area (Å²) in [6.45, 7) is 4.30. The van der Waals surface area contributed by atoms with E-state index in [1.807, 2.05) is 59.2 Å². The lowest BCUT2D eigenvalue weighted by molar-refractivity contribution is -0.121. The predicted octanol–water partition coefficient (Wildman–Crippen LogP) is 3.21. The van der Waals surface area contributed by atoms with E-state index >= 15 is 0 Å². The van der Waals surface area contributed by atoms with Crippen LogP contribution in [0.1, 0.15) is 19.4 Å². The molecule has 0 fully saturated rings. The normalized spacial score (nSPS) is 11.9. The Kier molecular flexibility index (Phi) is 4.70. The Balaban J connectivity index is 1.74. The fourth-order valence-electron chi connectivity index (χ4n) is 2.58. The first-order valence-electron chi connectivity index (χ1n) is 7.97. The van der Waals surface area contributed by atoms with Gasteiger partial charge in [-0.1, -0.05) is 56.3 Å². The molecule has 0 aliphatic heterocycles. The third-order valence-corrected chi connectivity index (χ3v) is 3.76. The fourth-order valence-corrected chi connectivity index (χ4v) is 2.58. The van der Waals surface area contributed by atoms with Gasteiger partial charge in [-0.25, -0.2) is 10.4 Å². The monoisotopic (exact) mass is 320 g/mol. The number of imidazole rings is 1. The van der Waals surface area contributed by atoms with Crippen molar-refractivity contribution in [2.75, 3.05) is 0 Å². The van der Waals surface area contributed by atoms with E-state index in [9.17, 15) is 4.79 Å². The maximum Gasteiger partial charge on any atom is 0.260 e. The van der Waals surface area contributed by atoms with Gasteiger partial charge >= 0.3 is 0 Å². The van der Waals surface area contributed by atoms with Crippen LogP contribution in [0.2, 0.25) is 0 Å². The minimum atomic E-state index is -0.174. The van der Waals surface area contributed by atoms with E-state index in [1.54, 1.807) is 6.33 Å². The van der Waals surface area contributed by atoms with E-state index in [1.165, 1.54) is 0 Å². The van der Waals surface area contributed by atoms with E-state index in [2.05, 4.69) is 29.4 Å². The first-order valence-corrected chi connectivity index (χ1v) is 7.97. The summed E-state index contributed by atoms with van der Waals surface area (Å²) in [6.07, 6.45) is 1.68. The van der Waals surface area contributed by atoms with Crippen molar-refractivity contribution >= 4 is 22.7 Å². The lowest BCUT2D eigenvalue weighted by Gasteiger charge is -2.11. The quantitative estimate of drug-likeness (QED) is 0.579. The number of aromatic nitrogens is 2. The molecule has 1 amide bonds. The zero-order chi connectivity index (χ0) is 16.9. The summed E-state index contributed by atoms with van der Waals surface area (Å²) in [4.78, 5) is 16.5. The smallest absolute Gasteiger partial charge is 0.260 e. The highest BCUT2D eigenvalue weighted by Crippen LogP contribution is 2.12. The Morgan fingerprint density at radius 3 is 2.58 bits per heavy atom. The molecule has 1 aromatic heterocycles. The van der Waals surface area contributed by atoms with Crippen LogP contribution in [-0.2, 0) is 11.3 Å². The number of fused-ring (bicyclic) bond motifs is 1. The summed E-state index contributed by atoms with van der Waals surface area (Å²) in [6, 6.07) is 17.6. The van der Waals surface area contributed by atoms with Crippen LogP contribution in [0.5, 0.6) is 0 Å². The van der Waals surface area contributed by atoms with E-state index < -0.39 is 0 Å². The minimum absolute atomic E-state index is 0.174. The number of benzene rings is 2. The second-order valence-electron chi connectivity index (χ2n) is 5.91. The third kappa shape index (κ3) is 3.51. The number of hydrogen-bond donors (Lipinski definition) is 1. The Bertz CT molecular complexity index is 865. The molecule has 0 radical (unpaired) electrons. The Morgan fingerprint density at radius 2 is 1.83 bits per heavy atom. The molecule has 0 saturated carbocycles. The van der Waals surface area contributed by atoms with E-state index in [-0.39, 0.29) is 18.4 Å². The number of hydrazone groups is 1. The third-order valence-electron chi connectivity index (χ3n) is 3.76.